The number of carboxylic acid groups (broad SMARTS) is 1. The molecule has 1 aliphatic heterocycles. The highest BCUT2D eigenvalue weighted by Crippen LogP contribution is 2.17. The summed E-state index contributed by atoms with van der Waals surface area (Å²) in [5, 5.41) is 8.85. The molecular formula is C11H19NO6S2. The number of hydrogen-bond donors (Lipinski definition) is 1. The summed E-state index contributed by atoms with van der Waals surface area (Å²) < 4.78 is 33.5. The zero-order valence-corrected chi connectivity index (χ0v) is 12.9. The second kappa shape index (κ2) is 7.16. The Morgan fingerprint density at radius 3 is 2.30 bits per heavy atom. The monoisotopic (exact) mass is 325 g/mol. The Morgan fingerprint density at radius 1 is 1.30 bits per heavy atom. The molecule has 0 saturated carbocycles. The molecule has 0 aromatic rings. The van der Waals surface area contributed by atoms with E-state index in [0.717, 1.165) is 6.26 Å². The normalized spacial score (nSPS) is 18.8. The third-order valence-electron chi connectivity index (χ3n) is 3.16. The number of hydrogen-bond acceptors (Lipinski definition) is 5. The molecule has 1 atom stereocenters. The lowest BCUT2D eigenvalue weighted by atomic mass is 9.97. The van der Waals surface area contributed by atoms with E-state index in [1.807, 2.05) is 0 Å². The van der Waals surface area contributed by atoms with Gasteiger partial charge in [0.1, 0.15) is 15.6 Å². The summed E-state index contributed by atoms with van der Waals surface area (Å²) >= 11 is 0. The van der Waals surface area contributed by atoms with E-state index >= 15 is 0 Å². The molecule has 9 heteroatoms. The zero-order chi connectivity index (χ0) is 15.3. The lowest BCUT2D eigenvalue weighted by Gasteiger charge is -2.30. The predicted octanol–water partition coefficient (Wildman–Crippen LogP) is -0.897. The van der Waals surface area contributed by atoms with Gasteiger partial charge in [0.2, 0.25) is 5.91 Å². The third kappa shape index (κ3) is 6.00. The summed E-state index contributed by atoms with van der Waals surface area (Å²) in [7, 11) is -4.68. The molecule has 0 spiro atoms. The molecule has 0 aliphatic carbocycles. The predicted molar refractivity (Wildman–Crippen MR) is 74.5 cm³/mol. The van der Waals surface area contributed by atoms with Gasteiger partial charge in [-0.05, 0) is 12.8 Å². The fourth-order valence-corrected chi connectivity index (χ4v) is 4.48. The molecule has 0 aromatic carbocycles. The van der Waals surface area contributed by atoms with Crippen LogP contribution in [0.15, 0.2) is 0 Å². The van der Waals surface area contributed by atoms with Crippen molar-refractivity contribution in [3.05, 3.63) is 0 Å². The maximum atomic E-state index is 11.8. The van der Waals surface area contributed by atoms with Crippen LogP contribution in [-0.2, 0) is 30.2 Å². The number of carbonyl (C=O) groups is 2. The van der Waals surface area contributed by atoms with E-state index in [-0.39, 0.29) is 23.2 Å². The maximum Gasteiger partial charge on any atom is 0.306 e. The summed E-state index contributed by atoms with van der Waals surface area (Å²) in [6, 6.07) is 0. The van der Waals surface area contributed by atoms with E-state index in [1.165, 1.54) is 4.90 Å². The van der Waals surface area contributed by atoms with Crippen LogP contribution < -0.4 is 0 Å². The topological polar surface area (TPSA) is 109 Å². The van der Waals surface area contributed by atoms with Gasteiger partial charge >= 0.3 is 5.97 Å². The van der Waals surface area contributed by atoms with Crippen LogP contribution in [-0.4, -0.2) is 71.1 Å². The van der Waals surface area contributed by atoms with Crippen LogP contribution in [0, 0.1) is 5.92 Å². The Bertz CT molecular complexity index is 493. The lowest BCUT2D eigenvalue weighted by molar-refractivity contribution is -0.145. The Balaban J connectivity index is 2.37. The highest BCUT2D eigenvalue weighted by molar-refractivity contribution is 7.92. The van der Waals surface area contributed by atoms with Gasteiger partial charge in [-0.15, -0.1) is 0 Å². The molecule has 1 heterocycles. The number of likely N-dealkylation sites (tertiary alicyclic amines) is 1. The molecule has 116 valence electrons. The zero-order valence-electron chi connectivity index (χ0n) is 11.3. The number of carboxylic acids is 1. The molecule has 20 heavy (non-hydrogen) atoms. The lowest BCUT2D eigenvalue weighted by Crippen LogP contribution is -2.42. The van der Waals surface area contributed by atoms with Crippen LogP contribution in [0.1, 0.15) is 12.8 Å². The van der Waals surface area contributed by atoms with Gasteiger partial charge < -0.3 is 10.0 Å². The quantitative estimate of drug-likeness (QED) is 0.678. The number of aliphatic carboxylic acids is 1. The summed E-state index contributed by atoms with van der Waals surface area (Å²) in [4.78, 5) is 24.1. The van der Waals surface area contributed by atoms with Gasteiger partial charge in [0, 0.05) is 35.9 Å². The number of amides is 1. The van der Waals surface area contributed by atoms with Crippen molar-refractivity contribution in [1.82, 2.24) is 4.90 Å². The van der Waals surface area contributed by atoms with Gasteiger partial charge in [-0.3, -0.25) is 13.8 Å². The van der Waals surface area contributed by atoms with Gasteiger partial charge in [0.25, 0.3) is 0 Å². The minimum atomic E-state index is -3.18. The van der Waals surface area contributed by atoms with Crippen molar-refractivity contribution in [3.8, 4) is 0 Å². The van der Waals surface area contributed by atoms with Crippen LogP contribution in [0.5, 0.6) is 0 Å². The second-order valence-corrected chi connectivity index (χ2v) is 8.75. The Hall–Kier alpha value is -0.960. The third-order valence-corrected chi connectivity index (χ3v) is 5.60. The molecule has 0 bridgehead atoms. The largest absolute Gasteiger partial charge is 0.481 e. The van der Waals surface area contributed by atoms with Crippen molar-refractivity contribution in [2.45, 2.75) is 12.8 Å². The van der Waals surface area contributed by atoms with Crippen molar-refractivity contribution in [1.29, 1.82) is 0 Å². The first-order valence-electron chi connectivity index (χ1n) is 6.22. The van der Waals surface area contributed by atoms with Gasteiger partial charge in [0.15, 0.2) is 0 Å². The van der Waals surface area contributed by atoms with E-state index in [2.05, 4.69) is 0 Å². The van der Waals surface area contributed by atoms with Crippen molar-refractivity contribution in [3.63, 3.8) is 0 Å². The number of nitrogens with zero attached hydrogens (tertiary/aromatic N) is 1. The molecular weight excluding hydrogens is 306 g/mol. The van der Waals surface area contributed by atoms with Gasteiger partial charge in [-0.2, -0.15) is 0 Å². The van der Waals surface area contributed by atoms with E-state index in [9.17, 15) is 22.2 Å². The molecule has 7 nitrogen and oxygen atoms in total. The van der Waals surface area contributed by atoms with Crippen LogP contribution in [0.2, 0.25) is 0 Å². The van der Waals surface area contributed by atoms with E-state index < -0.39 is 32.5 Å². The van der Waals surface area contributed by atoms with E-state index in [0.29, 0.717) is 25.9 Å². The highest BCUT2D eigenvalue weighted by atomic mass is 32.2. The summed E-state index contributed by atoms with van der Waals surface area (Å²) in [6.45, 7) is 0.693. The molecule has 1 rings (SSSR count). The minimum Gasteiger partial charge on any atom is -0.481 e. The van der Waals surface area contributed by atoms with Crippen molar-refractivity contribution < 1.29 is 27.3 Å². The minimum absolute atomic E-state index is 0.0455. The number of sulfone groups is 1. The molecule has 1 unspecified atom stereocenters. The highest BCUT2D eigenvalue weighted by Gasteiger charge is 2.27. The van der Waals surface area contributed by atoms with E-state index in [1.54, 1.807) is 0 Å². The summed E-state index contributed by atoms with van der Waals surface area (Å²) in [5.74, 6) is -2.03. The molecule has 1 N–H and O–H groups in total. The molecule has 1 saturated heterocycles. The van der Waals surface area contributed by atoms with Gasteiger partial charge in [-0.25, -0.2) is 8.42 Å². The van der Waals surface area contributed by atoms with Crippen LogP contribution in [0.3, 0.4) is 0 Å². The maximum absolute atomic E-state index is 11.8. The molecule has 1 aliphatic rings. The Labute approximate surface area is 120 Å². The van der Waals surface area contributed by atoms with Crippen molar-refractivity contribution in [2.75, 3.05) is 36.6 Å². The average Bonchev–Trinajstić information content (AvgIpc) is 2.35. The molecule has 1 amide bonds. The van der Waals surface area contributed by atoms with Gasteiger partial charge in [0.05, 0.1) is 11.7 Å². The first-order chi connectivity index (χ1) is 9.19. The van der Waals surface area contributed by atoms with Crippen molar-refractivity contribution >= 4 is 32.5 Å². The van der Waals surface area contributed by atoms with Gasteiger partial charge in [-0.1, -0.05) is 0 Å². The Kier molecular flexibility index (Phi) is 6.12. The van der Waals surface area contributed by atoms with Crippen LogP contribution in [0.25, 0.3) is 0 Å². The standard InChI is InChI=1S/C11H19NO6S2/c1-20(17,18)7-6-19(16)8-10(13)12-4-2-9(3-5-12)11(14)15/h9H,2-8H2,1H3,(H,14,15). The number of piperidine rings is 1. The summed E-state index contributed by atoms with van der Waals surface area (Å²) in [5.41, 5.74) is 0. The molecule has 0 aromatic heterocycles. The fourth-order valence-electron chi connectivity index (χ4n) is 1.92. The number of carbonyl (C=O) groups excluding carboxylic acids is 1. The second-order valence-electron chi connectivity index (χ2n) is 4.91. The summed E-state index contributed by atoms with van der Waals surface area (Å²) in [6.07, 6.45) is 1.86. The molecule has 1 fully saturated rings. The molecule has 0 radical (unpaired) electrons. The smallest absolute Gasteiger partial charge is 0.306 e. The number of rotatable bonds is 6. The first-order valence-corrected chi connectivity index (χ1v) is 9.77. The fraction of sp³-hybridized carbons (Fsp3) is 0.818. The van der Waals surface area contributed by atoms with Crippen LogP contribution >= 0.6 is 0 Å². The first kappa shape index (κ1) is 17.1. The average molecular weight is 325 g/mol. The van der Waals surface area contributed by atoms with Crippen LogP contribution in [0.4, 0.5) is 0 Å². The van der Waals surface area contributed by atoms with E-state index in [4.69, 9.17) is 5.11 Å². The SMILES string of the molecule is CS(=O)(=O)CCS(=O)CC(=O)N1CCC(C(=O)O)CC1. The van der Waals surface area contributed by atoms with Crippen molar-refractivity contribution in [2.24, 2.45) is 5.92 Å². The Morgan fingerprint density at radius 2 is 1.85 bits per heavy atom.